The average molecular weight is 324 g/mol. The summed E-state index contributed by atoms with van der Waals surface area (Å²) in [5.74, 6) is -0.834. The van der Waals surface area contributed by atoms with Gasteiger partial charge in [-0.25, -0.2) is 0 Å². The predicted molar refractivity (Wildman–Crippen MR) is 86.6 cm³/mol. The molecule has 0 bridgehead atoms. The molecule has 21 heavy (non-hydrogen) atoms. The van der Waals surface area contributed by atoms with Crippen molar-refractivity contribution in [3.63, 3.8) is 0 Å². The zero-order valence-corrected chi connectivity index (χ0v) is 13.4. The number of carbonyl (C=O) groups is 1. The molecule has 1 aromatic carbocycles. The highest BCUT2D eigenvalue weighted by molar-refractivity contribution is 8.03. The maximum Gasteiger partial charge on any atom is 0.325 e. The molecule has 2 heterocycles. The summed E-state index contributed by atoms with van der Waals surface area (Å²) >= 11 is 8.09. The quantitative estimate of drug-likeness (QED) is 0.918. The van der Waals surface area contributed by atoms with Gasteiger partial charge in [-0.3, -0.25) is 9.69 Å². The van der Waals surface area contributed by atoms with Crippen LogP contribution in [0.3, 0.4) is 0 Å². The van der Waals surface area contributed by atoms with E-state index in [1.807, 2.05) is 30.0 Å². The number of thioether (sulfide) groups is 1. The molecule has 3 atom stereocenters. The minimum atomic E-state index is -0.834. The molecule has 112 valence electrons. The molecule has 1 saturated heterocycles. The maximum absolute atomic E-state index is 11.8. The van der Waals surface area contributed by atoms with E-state index in [0.29, 0.717) is 15.8 Å². The van der Waals surface area contributed by atoms with E-state index in [4.69, 9.17) is 11.6 Å². The van der Waals surface area contributed by atoms with Crippen LogP contribution in [0.15, 0.2) is 35.7 Å². The Morgan fingerprint density at radius 3 is 3.00 bits per heavy atom. The molecule has 3 rings (SSSR count). The second-order valence-corrected chi connectivity index (χ2v) is 7.48. The number of piperidine rings is 1. The highest BCUT2D eigenvalue weighted by atomic mass is 35.5. The second-order valence-electron chi connectivity index (χ2n) is 5.95. The first kappa shape index (κ1) is 14.9. The first-order valence-electron chi connectivity index (χ1n) is 7.06. The van der Waals surface area contributed by atoms with Gasteiger partial charge in [0.15, 0.2) is 0 Å². The normalized spacial score (nSPS) is 30.1. The van der Waals surface area contributed by atoms with Crippen molar-refractivity contribution in [1.82, 2.24) is 4.90 Å². The number of hydrogen-bond donors (Lipinski definition) is 1. The van der Waals surface area contributed by atoms with E-state index in [1.165, 1.54) is 0 Å². The van der Waals surface area contributed by atoms with Crippen LogP contribution in [0.2, 0.25) is 5.02 Å². The Balaban J connectivity index is 1.91. The molecule has 0 saturated carbocycles. The second kappa shape index (κ2) is 5.67. The number of hydrogen-bond acceptors (Lipinski definition) is 3. The van der Waals surface area contributed by atoms with Crippen LogP contribution in [0.4, 0.5) is 0 Å². The van der Waals surface area contributed by atoms with Gasteiger partial charge in [-0.15, -0.1) is 11.8 Å². The monoisotopic (exact) mass is 323 g/mol. The van der Waals surface area contributed by atoms with E-state index in [1.54, 1.807) is 6.07 Å². The van der Waals surface area contributed by atoms with Gasteiger partial charge in [0.05, 0.1) is 0 Å². The maximum atomic E-state index is 11.8. The molecule has 1 aromatic rings. The fraction of sp³-hybridized carbons (Fsp3) is 0.438. The van der Waals surface area contributed by atoms with Crippen molar-refractivity contribution >= 4 is 29.3 Å². The highest BCUT2D eigenvalue weighted by Crippen LogP contribution is 2.47. The van der Waals surface area contributed by atoms with Crippen LogP contribution < -0.4 is 0 Å². The lowest BCUT2D eigenvalue weighted by Gasteiger charge is -2.43. The number of halogens is 1. The van der Waals surface area contributed by atoms with Crippen molar-refractivity contribution < 1.29 is 9.90 Å². The number of carboxylic acid groups (broad SMARTS) is 1. The summed E-state index contributed by atoms with van der Waals surface area (Å²) in [5, 5.41) is 12.9. The topological polar surface area (TPSA) is 40.5 Å². The first-order chi connectivity index (χ1) is 10.0. The van der Waals surface area contributed by atoms with E-state index < -0.39 is 12.0 Å². The Bertz CT molecular complexity index is 591. The average Bonchev–Trinajstić information content (AvgIpc) is 2.81. The van der Waals surface area contributed by atoms with Crippen LogP contribution in [-0.2, 0) is 4.79 Å². The van der Waals surface area contributed by atoms with E-state index in [-0.39, 0.29) is 5.41 Å². The molecule has 5 heteroatoms. The lowest BCUT2D eigenvalue weighted by Crippen LogP contribution is -2.49. The molecule has 3 nitrogen and oxygen atoms in total. The molecule has 2 aliphatic rings. The molecule has 2 unspecified atom stereocenters. The predicted octanol–water partition coefficient (Wildman–Crippen LogP) is 3.81. The van der Waals surface area contributed by atoms with Crippen LogP contribution in [0.1, 0.15) is 24.9 Å². The van der Waals surface area contributed by atoms with Gasteiger partial charge in [0.25, 0.3) is 0 Å². The van der Waals surface area contributed by atoms with Crippen LogP contribution >= 0.6 is 23.4 Å². The summed E-state index contributed by atoms with van der Waals surface area (Å²) in [6.45, 7) is 3.76. The number of likely N-dealkylation sites (tertiary alicyclic amines) is 1. The number of nitrogens with zero attached hydrogens (tertiary/aromatic N) is 1. The van der Waals surface area contributed by atoms with Gasteiger partial charge in [0, 0.05) is 28.8 Å². The molecule has 0 amide bonds. The van der Waals surface area contributed by atoms with Crippen molar-refractivity contribution in [1.29, 1.82) is 0 Å². The summed E-state index contributed by atoms with van der Waals surface area (Å²) in [6, 6.07) is 6.57. The summed E-state index contributed by atoms with van der Waals surface area (Å²) in [4.78, 5) is 13.9. The van der Waals surface area contributed by atoms with Gasteiger partial charge >= 0.3 is 5.97 Å². The summed E-state index contributed by atoms with van der Waals surface area (Å²) < 4.78 is 0. The number of rotatable bonds is 3. The van der Waals surface area contributed by atoms with E-state index >= 15 is 0 Å². The van der Waals surface area contributed by atoms with Gasteiger partial charge in [-0.1, -0.05) is 42.8 Å². The molecular formula is C16H18ClNO2S. The first-order valence-corrected chi connectivity index (χ1v) is 8.38. The standard InChI is InChI=1S/C16H18ClNO2S/c1-16-7-9-21-13(16)6-8-18(10-16)14(15(19)20)11-4-2-3-5-12(11)17/h2-5,7,9,13-14H,6,8,10H2,1H3,(H,19,20)/t13?,14-,16?/m0/s1. The fourth-order valence-corrected chi connectivity index (χ4v) is 4.83. The molecule has 0 aliphatic carbocycles. The summed E-state index contributed by atoms with van der Waals surface area (Å²) in [7, 11) is 0. The third-order valence-corrected chi connectivity index (χ3v) is 6.19. The number of fused-ring (bicyclic) bond motifs is 1. The van der Waals surface area contributed by atoms with Gasteiger partial charge in [-0.05, 0) is 23.5 Å². The third kappa shape index (κ3) is 2.72. The van der Waals surface area contributed by atoms with Crippen molar-refractivity contribution in [2.24, 2.45) is 5.41 Å². The van der Waals surface area contributed by atoms with Crippen molar-refractivity contribution in [3.8, 4) is 0 Å². The molecule has 1 N–H and O–H groups in total. The SMILES string of the molecule is CC12C=CSC1CCN([C@H](C(=O)O)c1ccccc1Cl)C2. The van der Waals surface area contributed by atoms with Crippen molar-refractivity contribution in [2.45, 2.75) is 24.6 Å². The smallest absolute Gasteiger partial charge is 0.325 e. The Kier molecular flexibility index (Phi) is 4.04. The summed E-state index contributed by atoms with van der Waals surface area (Å²) in [6.07, 6.45) is 3.22. The number of carboxylic acids is 1. The van der Waals surface area contributed by atoms with Gasteiger partial charge in [0.1, 0.15) is 6.04 Å². The minimum absolute atomic E-state index is 0.0534. The number of aliphatic carboxylic acids is 1. The largest absolute Gasteiger partial charge is 0.480 e. The minimum Gasteiger partial charge on any atom is -0.480 e. The van der Waals surface area contributed by atoms with E-state index in [9.17, 15) is 9.90 Å². The van der Waals surface area contributed by atoms with Gasteiger partial charge < -0.3 is 5.11 Å². The lowest BCUT2D eigenvalue weighted by atomic mass is 9.81. The van der Waals surface area contributed by atoms with Crippen LogP contribution in [-0.4, -0.2) is 34.3 Å². The van der Waals surface area contributed by atoms with Gasteiger partial charge in [0.2, 0.25) is 0 Å². The van der Waals surface area contributed by atoms with Crippen LogP contribution in [0, 0.1) is 5.41 Å². The zero-order valence-electron chi connectivity index (χ0n) is 11.8. The Morgan fingerprint density at radius 1 is 1.52 bits per heavy atom. The third-order valence-electron chi connectivity index (χ3n) is 4.45. The number of benzene rings is 1. The van der Waals surface area contributed by atoms with E-state index in [0.717, 1.165) is 19.5 Å². The summed E-state index contributed by atoms with van der Waals surface area (Å²) in [5.41, 5.74) is 0.737. The lowest BCUT2D eigenvalue weighted by molar-refractivity contribution is -0.144. The fourth-order valence-electron chi connectivity index (χ4n) is 3.31. The van der Waals surface area contributed by atoms with Crippen molar-refractivity contribution in [3.05, 3.63) is 46.3 Å². The zero-order chi connectivity index (χ0) is 15.0. The Hall–Kier alpha value is -0.970. The Labute approximate surface area is 134 Å². The highest BCUT2D eigenvalue weighted by Gasteiger charge is 2.44. The van der Waals surface area contributed by atoms with E-state index in [2.05, 4.69) is 23.3 Å². The van der Waals surface area contributed by atoms with Crippen molar-refractivity contribution in [2.75, 3.05) is 13.1 Å². The molecule has 0 radical (unpaired) electrons. The molecule has 0 spiro atoms. The molecular weight excluding hydrogens is 306 g/mol. The Morgan fingerprint density at radius 2 is 2.29 bits per heavy atom. The molecule has 1 fully saturated rings. The van der Waals surface area contributed by atoms with Gasteiger partial charge in [-0.2, -0.15) is 0 Å². The molecule has 2 aliphatic heterocycles. The van der Waals surface area contributed by atoms with Crippen LogP contribution in [0.25, 0.3) is 0 Å². The van der Waals surface area contributed by atoms with Crippen LogP contribution in [0.5, 0.6) is 0 Å². The molecule has 0 aromatic heterocycles.